The van der Waals surface area contributed by atoms with Crippen LogP contribution in [0.15, 0.2) is 49.1 Å². The Morgan fingerprint density at radius 2 is 1.63 bits per heavy atom. The number of rotatable bonds is 4. The number of amides is 1. The molecule has 1 aliphatic heterocycles. The van der Waals surface area contributed by atoms with E-state index in [1.165, 1.54) is 36.9 Å². The molecule has 1 saturated carbocycles. The molecular weight excluding hydrogens is 334 g/mol. The average molecular weight is 368 g/mol. The van der Waals surface area contributed by atoms with E-state index in [2.05, 4.69) is 49.9 Å². The Kier molecular flexibility index (Phi) is 5.64. The summed E-state index contributed by atoms with van der Waals surface area (Å²) in [4.78, 5) is 15.4. The van der Waals surface area contributed by atoms with Crippen LogP contribution in [0.25, 0.3) is 0 Å². The van der Waals surface area contributed by atoms with Crippen LogP contribution in [0.4, 0.5) is 5.69 Å². The fraction of sp³-hybridized carbons (Fsp3) is 0.522. The van der Waals surface area contributed by atoms with Gasteiger partial charge in [-0.15, -0.1) is 0 Å². The molecule has 1 amide bonds. The molecule has 4 nitrogen and oxygen atoms in total. The summed E-state index contributed by atoms with van der Waals surface area (Å²) in [6.45, 7) is 8.92. The van der Waals surface area contributed by atoms with Gasteiger partial charge in [0, 0.05) is 30.5 Å². The van der Waals surface area contributed by atoms with Crippen LogP contribution in [-0.2, 0) is 4.79 Å². The van der Waals surface area contributed by atoms with Gasteiger partial charge in [-0.05, 0) is 61.5 Å². The standard InChI is InChI=1S/C23H33N3O/c1-17(22(24)27)25-13-15-26(16-14-25)21-8-6-5-7-20(21)18-9-11-19(12-10-18)23(2,3)4/h5-8,13-19H,9-12H2,1-4H3,(H2,24,27). The summed E-state index contributed by atoms with van der Waals surface area (Å²) in [6, 6.07) is 8.36. The van der Waals surface area contributed by atoms with E-state index < -0.39 is 0 Å². The van der Waals surface area contributed by atoms with Crippen molar-refractivity contribution in [3.63, 3.8) is 0 Å². The van der Waals surface area contributed by atoms with E-state index in [-0.39, 0.29) is 11.9 Å². The summed E-state index contributed by atoms with van der Waals surface area (Å²) >= 11 is 0. The Morgan fingerprint density at radius 3 is 2.19 bits per heavy atom. The number of benzene rings is 1. The molecule has 0 radical (unpaired) electrons. The van der Waals surface area contributed by atoms with Crippen molar-refractivity contribution in [2.75, 3.05) is 4.90 Å². The van der Waals surface area contributed by atoms with Crippen molar-refractivity contribution >= 4 is 11.6 Å². The zero-order chi connectivity index (χ0) is 19.6. The first-order chi connectivity index (χ1) is 12.8. The molecule has 3 rings (SSSR count). The lowest BCUT2D eigenvalue weighted by Crippen LogP contribution is -2.38. The molecule has 1 unspecified atom stereocenters. The molecular formula is C23H33N3O. The van der Waals surface area contributed by atoms with E-state index in [9.17, 15) is 4.79 Å². The highest BCUT2D eigenvalue weighted by molar-refractivity contribution is 5.79. The van der Waals surface area contributed by atoms with E-state index in [1.807, 2.05) is 36.6 Å². The fourth-order valence-corrected chi connectivity index (χ4v) is 4.30. The zero-order valence-electron chi connectivity index (χ0n) is 17.1. The molecule has 1 aromatic rings. The van der Waals surface area contributed by atoms with E-state index in [4.69, 9.17) is 5.73 Å². The lowest BCUT2D eigenvalue weighted by atomic mass is 9.68. The van der Waals surface area contributed by atoms with Gasteiger partial charge in [-0.3, -0.25) is 4.79 Å². The number of carbonyl (C=O) groups is 1. The number of anilines is 1. The molecule has 0 saturated heterocycles. The fourth-order valence-electron chi connectivity index (χ4n) is 4.30. The highest BCUT2D eigenvalue weighted by Crippen LogP contribution is 2.45. The lowest BCUT2D eigenvalue weighted by molar-refractivity contribution is -0.121. The second-order valence-corrected chi connectivity index (χ2v) is 9.00. The number of primary amides is 1. The van der Waals surface area contributed by atoms with Crippen LogP contribution in [0.2, 0.25) is 0 Å². The maximum atomic E-state index is 11.4. The van der Waals surface area contributed by atoms with Crippen LogP contribution in [0.1, 0.15) is 64.9 Å². The molecule has 0 aromatic heterocycles. The van der Waals surface area contributed by atoms with Crippen molar-refractivity contribution in [2.24, 2.45) is 17.1 Å². The summed E-state index contributed by atoms with van der Waals surface area (Å²) in [5, 5.41) is 0. The monoisotopic (exact) mass is 367 g/mol. The van der Waals surface area contributed by atoms with Gasteiger partial charge in [0.1, 0.15) is 6.04 Å². The highest BCUT2D eigenvalue weighted by atomic mass is 16.1. The van der Waals surface area contributed by atoms with Crippen LogP contribution in [0.3, 0.4) is 0 Å². The topological polar surface area (TPSA) is 49.6 Å². The van der Waals surface area contributed by atoms with Gasteiger partial charge >= 0.3 is 0 Å². The number of para-hydroxylation sites is 1. The number of hydrogen-bond donors (Lipinski definition) is 1. The average Bonchev–Trinajstić information content (AvgIpc) is 2.67. The Balaban J connectivity index is 1.74. The summed E-state index contributed by atoms with van der Waals surface area (Å²) in [5.41, 5.74) is 8.48. The summed E-state index contributed by atoms with van der Waals surface area (Å²) in [6.07, 6.45) is 13.0. The number of carbonyl (C=O) groups excluding carboxylic acids is 1. The van der Waals surface area contributed by atoms with Gasteiger partial charge in [0.05, 0.1) is 0 Å². The third-order valence-electron chi connectivity index (χ3n) is 6.26. The molecule has 2 N–H and O–H groups in total. The minimum absolute atomic E-state index is 0.325. The quantitative estimate of drug-likeness (QED) is 0.819. The van der Waals surface area contributed by atoms with Gasteiger partial charge in [0.25, 0.3) is 0 Å². The van der Waals surface area contributed by atoms with Crippen LogP contribution < -0.4 is 10.6 Å². The number of nitrogens with two attached hydrogens (primary N) is 1. The summed E-state index contributed by atoms with van der Waals surface area (Å²) in [5.74, 6) is 1.11. The number of hydrogen-bond acceptors (Lipinski definition) is 3. The van der Waals surface area contributed by atoms with E-state index in [0.29, 0.717) is 11.3 Å². The largest absolute Gasteiger partial charge is 0.368 e. The van der Waals surface area contributed by atoms with Crippen molar-refractivity contribution in [3.05, 3.63) is 54.6 Å². The summed E-state index contributed by atoms with van der Waals surface area (Å²) in [7, 11) is 0. The van der Waals surface area contributed by atoms with E-state index >= 15 is 0 Å². The van der Waals surface area contributed by atoms with Crippen LogP contribution in [-0.4, -0.2) is 16.8 Å². The van der Waals surface area contributed by atoms with Crippen molar-refractivity contribution in [1.29, 1.82) is 0 Å². The Hall–Kier alpha value is -2.23. The summed E-state index contributed by atoms with van der Waals surface area (Å²) < 4.78 is 0. The van der Waals surface area contributed by atoms with Crippen molar-refractivity contribution in [3.8, 4) is 0 Å². The third kappa shape index (κ3) is 4.37. The van der Waals surface area contributed by atoms with Crippen LogP contribution in [0.5, 0.6) is 0 Å². The van der Waals surface area contributed by atoms with Gasteiger partial charge in [-0.25, -0.2) is 0 Å². The van der Waals surface area contributed by atoms with Crippen molar-refractivity contribution in [1.82, 2.24) is 4.90 Å². The predicted molar refractivity (Wildman–Crippen MR) is 112 cm³/mol. The minimum atomic E-state index is -0.345. The van der Waals surface area contributed by atoms with Gasteiger partial charge < -0.3 is 15.5 Å². The molecule has 146 valence electrons. The van der Waals surface area contributed by atoms with E-state index in [1.54, 1.807) is 0 Å². The van der Waals surface area contributed by atoms with Crippen LogP contribution >= 0.6 is 0 Å². The SMILES string of the molecule is CC(C(N)=O)N1C=CN(c2ccccc2C2CCC(C(C)(C)C)CC2)C=C1. The number of nitrogens with zero attached hydrogens (tertiary/aromatic N) is 2. The second kappa shape index (κ2) is 7.79. The molecule has 1 aromatic carbocycles. The lowest BCUT2D eigenvalue weighted by Gasteiger charge is -2.38. The zero-order valence-corrected chi connectivity index (χ0v) is 17.1. The van der Waals surface area contributed by atoms with Gasteiger partial charge in [0.2, 0.25) is 5.91 Å². The van der Waals surface area contributed by atoms with Crippen LogP contribution in [0, 0.1) is 11.3 Å². The molecule has 4 heteroatoms. The first kappa shape index (κ1) is 19.5. The van der Waals surface area contributed by atoms with E-state index in [0.717, 1.165) is 5.92 Å². The smallest absolute Gasteiger partial charge is 0.240 e. The Labute approximate surface area is 163 Å². The molecule has 1 atom stereocenters. The van der Waals surface area contributed by atoms with Gasteiger partial charge in [-0.2, -0.15) is 0 Å². The molecule has 0 bridgehead atoms. The minimum Gasteiger partial charge on any atom is -0.368 e. The van der Waals surface area contributed by atoms with Gasteiger partial charge in [0.15, 0.2) is 0 Å². The molecule has 1 aliphatic carbocycles. The maximum Gasteiger partial charge on any atom is 0.240 e. The van der Waals surface area contributed by atoms with Crippen molar-refractivity contribution < 1.29 is 4.79 Å². The second-order valence-electron chi connectivity index (χ2n) is 9.00. The highest BCUT2D eigenvalue weighted by Gasteiger charge is 2.31. The Morgan fingerprint density at radius 1 is 1.04 bits per heavy atom. The Bertz CT molecular complexity index is 709. The first-order valence-electron chi connectivity index (χ1n) is 10.1. The van der Waals surface area contributed by atoms with Gasteiger partial charge in [-0.1, -0.05) is 39.0 Å². The third-order valence-corrected chi connectivity index (χ3v) is 6.26. The molecule has 27 heavy (non-hydrogen) atoms. The molecule has 1 heterocycles. The molecule has 0 spiro atoms. The first-order valence-corrected chi connectivity index (χ1v) is 10.1. The molecule has 1 fully saturated rings. The normalized spacial score (nSPS) is 24.1. The van der Waals surface area contributed by atoms with Crippen molar-refractivity contribution in [2.45, 2.75) is 65.3 Å². The molecule has 2 aliphatic rings. The predicted octanol–water partition coefficient (Wildman–Crippen LogP) is 4.94. The maximum absolute atomic E-state index is 11.4.